The number of carbonyl (C=O) groups is 7. The third-order valence-electron chi connectivity index (χ3n) is 8.85. The van der Waals surface area contributed by atoms with Gasteiger partial charge in [-0.15, -0.1) is 0 Å². The van der Waals surface area contributed by atoms with Crippen molar-refractivity contribution >= 4 is 53.1 Å². The minimum Gasteiger partial charge on any atom is -0.394 e. The Kier molecular flexibility index (Phi) is 21.5. The first-order chi connectivity index (χ1) is 24.4. The fourth-order valence-electron chi connectivity index (χ4n) is 5.91. The number of aliphatic hydroxyl groups excluding tert-OH is 1. The summed E-state index contributed by atoms with van der Waals surface area (Å²) in [5.74, 6) is -3.52. The minimum absolute atomic E-state index is 0.208. The lowest BCUT2D eigenvalue weighted by molar-refractivity contribution is -0.135. The number of amides is 7. The van der Waals surface area contributed by atoms with Crippen molar-refractivity contribution in [1.82, 2.24) is 37.2 Å². The Morgan fingerprint density at radius 1 is 0.673 bits per heavy atom. The van der Waals surface area contributed by atoms with E-state index in [0.717, 1.165) is 32.1 Å². The van der Waals surface area contributed by atoms with Crippen LogP contribution in [0.4, 0.5) is 0 Å². The number of carbonyl (C=O) groups excluding carboxylic acids is 7. The van der Waals surface area contributed by atoms with Gasteiger partial charge in [-0.25, -0.2) is 0 Å². The van der Waals surface area contributed by atoms with E-state index in [4.69, 9.17) is 5.73 Å². The number of rotatable bonds is 22. The Morgan fingerprint density at radius 3 is 1.69 bits per heavy atom. The maximum absolute atomic E-state index is 13.4. The number of nitrogens with one attached hydrogen (secondary N) is 7. The molecule has 52 heavy (non-hydrogen) atoms. The monoisotopic (exact) mass is 756 g/mol. The molecule has 0 unspecified atom stereocenters. The van der Waals surface area contributed by atoms with Crippen molar-refractivity contribution in [3.63, 3.8) is 0 Å². The Balaban J connectivity index is 2.88. The van der Waals surface area contributed by atoms with Crippen LogP contribution in [0.1, 0.15) is 99.8 Å². The zero-order valence-corrected chi connectivity index (χ0v) is 33.0. The number of aliphatic hydroxyl groups is 1. The smallest absolute Gasteiger partial charge is 0.246 e. The molecule has 7 amide bonds. The standard InChI is InChI=1S/C35H64N8O8S/c1-19(2)16-28(36)42-34(50)27(18-44)41-31(47)21(5)37-32(48)25(14-15-52-8)40-30(46)22(6)38-35(51)29(20(3)4)43-33(49)26(39-23(7)45)17-24-12-10-9-11-13-24/h19-22,24-29,44H,9-18,36H2,1-8H3,(H,37,48)(H,38,51)(H,39,45)(H,40,46)(H,41,47)(H,42,50)(H,43,49)/t21-,22-,25-,26-,27-,28-,29-/m0/s1. The molecule has 17 heteroatoms. The number of nitrogens with two attached hydrogens (primary N) is 1. The van der Waals surface area contributed by atoms with Crippen LogP contribution in [-0.4, -0.2) is 107 Å². The Bertz CT molecular complexity index is 1200. The summed E-state index contributed by atoms with van der Waals surface area (Å²) in [4.78, 5) is 90.5. The molecule has 1 aliphatic rings. The molecule has 0 aromatic heterocycles. The van der Waals surface area contributed by atoms with E-state index in [-0.39, 0.29) is 24.2 Å². The lowest BCUT2D eigenvalue weighted by Gasteiger charge is -2.29. The fourth-order valence-corrected chi connectivity index (χ4v) is 6.38. The van der Waals surface area contributed by atoms with Crippen molar-refractivity contribution in [2.75, 3.05) is 18.6 Å². The maximum Gasteiger partial charge on any atom is 0.246 e. The van der Waals surface area contributed by atoms with Crippen LogP contribution in [0, 0.1) is 17.8 Å². The van der Waals surface area contributed by atoms with E-state index in [0.29, 0.717) is 24.5 Å². The summed E-state index contributed by atoms with van der Waals surface area (Å²) in [6.07, 6.45) is 7.58. The Morgan fingerprint density at radius 2 is 1.19 bits per heavy atom. The first kappa shape index (κ1) is 46.6. The van der Waals surface area contributed by atoms with Crippen molar-refractivity contribution in [3.8, 4) is 0 Å². The van der Waals surface area contributed by atoms with Crippen molar-refractivity contribution in [2.45, 2.75) is 142 Å². The van der Waals surface area contributed by atoms with Crippen molar-refractivity contribution in [3.05, 3.63) is 0 Å². The van der Waals surface area contributed by atoms with Gasteiger partial charge in [0.05, 0.1) is 12.8 Å². The SMILES string of the molecule is CSCC[C@H](NC(=O)[C@H](C)NC(=O)[C@@H](NC(=O)[C@H](CC1CCCCC1)NC(C)=O)C(C)C)C(=O)N[C@@H](C)C(=O)N[C@@H](CO)C(=O)N[C@H](N)CC(C)C. The normalized spacial score (nSPS) is 17.4. The van der Waals surface area contributed by atoms with Crippen LogP contribution >= 0.6 is 11.8 Å². The molecule has 0 saturated heterocycles. The highest BCUT2D eigenvalue weighted by molar-refractivity contribution is 7.98. The highest BCUT2D eigenvalue weighted by Gasteiger charge is 2.33. The van der Waals surface area contributed by atoms with Crippen molar-refractivity contribution in [2.24, 2.45) is 23.5 Å². The molecule has 0 radical (unpaired) electrons. The van der Waals surface area contributed by atoms with Crippen LogP contribution < -0.4 is 43.0 Å². The quantitative estimate of drug-likeness (QED) is 0.0657. The molecular formula is C35H64N8O8S. The van der Waals surface area contributed by atoms with Gasteiger partial charge in [0.2, 0.25) is 41.4 Å². The molecule has 0 aromatic carbocycles. The largest absolute Gasteiger partial charge is 0.394 e. The second kappa shape index (κ2) is 24.0. The molecule has 0 aromatic rings. The molecule has 0 heterocycles. The highest BCUT2D eigenvalue weighted by Crippen LogP contribution is 2.27. The number of thioether (sulfide) groups is 1. The van der Waals surface area contributed by atoms with Crippen LogP contribution in [0.15, 0.2) is 0 Å². The van der Waals surface area contributed by atoms with Gasteiger partial charge in [0, 0.05) is 6.92 Å². The van der Waals surface area contributed by atoms with Gasteiger partial charge in [0.25, 0.3) is 0 Å². The topological polar surface area (TPSA) is 250 Å². The highest BCUT2D eigenvalue weighted by atomic mass is 32.2. The van der Waals surface area contributed by atoms with Gasteiger partial charge in [0.1, 0.15) is 36.3 Å². The average Bonchev–Trinajstić information content (AvgIpc) is 3.06. The van der Waals surface area contributed by atoms with Crippen LogP contribution in [0.3, 0.4) is 0 Å². The first-order valence-electron chi connectivity index (χ1n) is 18.3. The van der Waals surface area contributed by atoms with Crippen LogP contribution in [0.5, 0.6) is 0 Å². The molecular weight excluding hydrogens is 692 g/mol. The van der Waals surface area contributed by atoms with Gasteiger partial charge < -0.3 is 48.1 Å². The molecule has 10 N–H and O–H groups in total. The molecule has 0 spiro atoms. The predicted molar refractivity (Wildman–Crippen MR) is 200 cm³/mol. The molecule has 298 valence electrons. The van der Waals surface area contributed by atoms with E-state index in [9.17, 15) is 38.7 Å². The molecule has 1 aliphatic carbocycles. The summed E-state index contributed by atoms with van der Waals surface area (Å²) >= 11 is 1.44. The maximum atomic E-state index is 13.4. The van der Waals surface area contributed by atoms with E-state index in [2.05, 4.69) is 37.2 Å². The van der Waals surface area contributed by atoms with Crippen LogP contribution in [-0.2, 0) is 33.6 Å². The first-order valence-corrected chi connectivity index (χ1v) is 19.7. The van der Waals surface area contributed by atoms with Crippen molar-refractivity contribution in [1.29, 1.82) is 0 Å². The summed E-state index contributed by atoms with van der Waals surface area (Å²) in [6, 6.07) is -6.41. The van der Waals surface area contributed by atoms with Crippen LogP contribution in [0.25, 0.3) is 0 Å². The molecule has 7 atom stereocenters. The Labute approximate surface area is 312 Å². The Hall–Kier alpha value is -3.44. The predicted octanol–water partition coefficient (Wildman–Crippen LogP) is -0.226. The second-order valence-corrected chi connectivity index (χ2v) is 15.5. The van der Waals surface area contributed by atoms with Gasteiger partial charge >= 0.3 is 0 Å². The third kappa shape index (κ3) is 17.4. The summed E-state index contributed by atoms with van der Waals surface area (Å²) in [7, 11) is 0. The summed E-state index contributed by atoms with van der Waals surface area (Å²) < 4.78 is 0. The van der Waals surface area contributed by atoms with Gasteiger partial charge in [-0.2, -0.15) is 11.8 Å². The zero-order valence-electron chi connectivity index (χ0n) is 32.1. The minimum atomic E-state index is -1.30. The number of hydrogen-bond acceptors (Lipinski definition) is 10. The molecule has 16 nitrogen and oxygen atoms in total. The van der Waals surface area contributed by atoms with Gasteiger partial charge in [0.15, 0.2) is 0 Å². The van der Waals surface area contributed by atoms with E-state index >= 15 is 0 Å². The van der Waals surface area contributed by atoms with E-state index in [1.165, 1.54) is 32.5 Å². The zero-order chi connectivity index (χ0) is 39.5. The second-order valence-electron chi connectivity index (χ2n) is 14.5. The fraction of sp³-hybridized carbons (Fsp3) is 0.800. The van der Waals surface area contributed by atoms with E-state index in [1.807, 2.05) is 20.1 Å². The van der Waals surface area contributed by atoms with E-state index in [1.54, 1.807) is 13.8 Å². The lowest BCUT2D eigenvalue weighted by atomic mass is 9.84. The van der Waals surface area contributed by atoms with Crippen molar-refractivity contribution < 1.29 is 38.7 Å². The van der Waals surface area contributed by atoms with Crippen LogP contribution in [0.2, 0.25) is 0 Å². The van der Waals surface area contributed by atoms with Gasteiger partial charge in [-0.1, -0.05) is 59.8 Å². The molecule has 0 aliphatic heterocycles. The van der Waals surface area contributed by atoms with Gasteiger partial charge in [-0.05, 0) is 62.9 Å². The summed E-state index contributed by atoms with van der Waals surface area (Å²) in [5.41, 5.74) is 5.91. The molecule has 1 fully saturated rings. The number of hydrogen-bond donors (Lipinski definition) is 9. The lowest BCUT2D eigenvalue weighted by Crippen LogP contribution is -2.60. The third-order valence-corrected chi connectivity index (χ3v) is 9.49. The summed E-state index contributed by atoms with van der Waals surface area (Å²) in [5, 5.41) is 27.9. The summed E-state index contributed by atoms with van der Waals surface area (Å²) in [6.45, 7) is 10.9. The molecule has 1 rings (SSSR count). The van der Waals surface area contributed by atoms with Gasteiger partial charge in [-0.3, -0.25) is 33.6 Å². The average molecular weight is 757 g/mol. The van der Waals surface area contributed by atoms with E-state index < -0.39 is 84.5 Å². The molecule has 0 bridgehead atoms. The molecule has 1 saturated carbocycles.